The van der Waals surface area contributed by atoms with Crippen molar-refractivity contribution >= 4 is 17.2 Å². The first-order valence-electron chi connectivity index (χ1n) is 8.22. The SMILES string of the molecule is O=C(CN1CC=C(c2ccccn2)CC1)Nc1cccc(C(F)(F)F)c1. The van der Waals surface area contributed by atoms with Gasteiger partial charge in [-0.1, -0.05) is 18.2 Å². The van der Waals surface area contributed by atoms with Crippen LogP contribution >= 0.6 is 0 Å². The average Bonchev–Trinajstić information content (AvgIpc) is 2.62. The summed E-state index contributed by atoms with van der Waals surface area (Å²) in [4.78, 5) is 18.4. The molecular weight excluding hydrogens is 343 g/mol. The molecule has 1 aromatic heterocycles. The molecule has 0 fully saturated rings. The molecule has 1 N–H and O–H groups in total. The van der Waals surface area contributed by atoms with Crippen molar-refractivity contribution in [3.05, 3.63) is 66.0 Å². The molecule has 0 saturated heterocycles. The minimum atomic E-state index is -4.43. The molecule has 1 aromatic carbocycles. The molecule has 3 rings (SSSR count). The number of pyridine rings is 1. The van der Waals surface area contributed by atoms with E-state index in [4.69, 9.17) is 0 Å². The molecule has 7 heteroatoms. The molecule has 0 unspecified atom stereocenters. The van der Waals surface area contributed by atoms with Crippen molar-refractivity contribution in [2.45, 2.75) is 12.6 Å². The van der Waals surface area contributed by atoms with Gasteiger partial charge in [0, 0.05) is 25.0 Å². The van der Waals surface area contributed by atoms with E-state index in [1.807, 2.05) is 29.2 Å². The molecular formula is C19H18F3N3O. The Hall–Kier alpha value is -2.67. The van der Waals surface area contributed by atoms with Gasteiger partial charge in [-0.05, 0) is 42.3 Å². The number of nitrogens with zero attached hydrogens (tertiary/aromatic N) is 2. The molecule has 2 aromatic rings. The van der Waals surface area contributed by atoms with E-state index >= 15 is 0 Å². The van der Waals surface area contributed by atoms with Gasteiger partial charge in [-0.25, -0.2) is 0 Å². The van der Waals surface area contributed by atoms with Gasteiger partial charge in [-0.3, -0.25) is 14.7 Å². The summed E-state index contributed by atoms with van der Waals surface area (Å²) in [5, 5.41) is 2.53. The number of carbonyl (C=O) groups excluding carboxylic acids is 1. The van der Waals surface area contributed by atoms with Gasteiger partial charge >= 0.3 is 6.18 Å². The maximum atomic E-state index is 12.7. The van der Waals surface area contributed by atoms with Crippen molar-refractivity contribution in [3.63, 3.8) is 0 Å². The van der Waals surface area contributed by atoms with Crippen LogP contribution < -0.4 is 5.32 Å². The second-order valence-corrected chi connectivity index (χ2v) is 6.06. The smallest absolute Gasteiger partial charge is 0.325 e. The van der Waals surface area contributed by atoms with Gasteiger partial charge in [0.2, 0.25) is 5.91 Å². The lowest BCUT2D eigenvalue weighted by molar-refractivity contribution is -0.137. The molecule has 1 aliphatic rings. The summed E-state index contributed by atoms with van der Waals surface area (Å²) in [5.41, 5.74) is 1.43. The number of amides is 1. The van der Waals surface area contributed by atoms with E-state index in [-0.39, 0.29) is 18.1 Å². The Balaban J connectivity index is 1.56. The number of aromatic nitrogens is 1. The molecule has 1 aliphatic heterocycles. The van der Waals surface area contributed by atoms with Crippen LogP contribution in [0.25, 0.3) is 5.57 Å². The van der Waals surface area contributed by atoms with Crippen molar-refractivity contribution in [2.24, 2.45) is 0 Å². The standard InChI is InChI=1S/C19H18F3N3O/c20-19(21,22)15-4-3-5-16(12-15)24-18(26)13-25-10-7-14(8-11-25)17-6-1-2-9-23-17/h1-7,9,12H,8,10-11,13H2,(H,24,26). The van der Waals surface area contributed by atoms with E-state index in [0.717, 1.165) is 29.8 Å². The van der Waals surface area contributed by atoms with Gasteiger partial charge in [0.15, 0.2) is 0 Å². The Labute approximate surface area is 149 Å². The van der Waals surface area contributed by atoms with Gasteiger partial charge in [-0.15, -0.1) is 0 Å². The van der Waals surface area contributed by atoms with Gasteiger partial charge in [0.05, 0.1) is 17.8 Å². The van der Waals surface area contributed by atoms with E-state index in [1.54, 1.807) is 6.20 Å². The molecule has 4 nitrogen and oxygen atoms in total. The predicted octanol–water partition coefficient (Wildman–Crippen LogP) is 3.83. The monoisotopic (exact) mass is 361 g/mol. The Kier molecular flexibility index (Phi) is 5.37. The van der Waals surface area contributed by atoms with Crippen LogP contribution in [0.2, 0.25) is 0 Å². The van der Waals surface area contributed by atoms with Gasteiger partial charge in [0.1, 0.15) is 0 Å². The molecule has 0 bridgehead atoms. The van der Waals surface area contributed by atoms with Gasteiger partial charge in [-0.2, -0.15) is 13.2 Å². The third-order valence-corrected chi connectivity index (χ3v) is 4.13. The highest BCUT2D eigenvalue weighted by Crippen LogP contribution is 2.30. The Morgan fingerprint density at radius 1 is 1.19 bits per heavy atom. The average molecular weight is 361 g/mol. The lowest BCUT2D eigenvalue weighted by Crippen LogP contribution is -2.36. The van der Waals surface area contributed by atoms with Crippen molar-refractivity contribution in [1.82, 2.24) is 9.88 Å². The van der Waals surface area contributed by atoms with E-state index < -0.39 is 11.7 Å². The molecule has 0 aliphatic carbocycles. The molecule has 26 heavy (non-hydrogen) atoms. The summed E-state index contributed by atoms with van der Waals surface area (Å²) in [6.45, 7) is 1.42. The maximum absolute atomic E-state index is 12.7. The quantitative estimate of drug-likeness (QED) is 0.900. The topological polar surface area (TPSA) is 45.2 Å². The van der Waals surface area contributed by atoms with Gasteiger partial charge in [0.25, 0.3) is 0 Å². The fourth-order valence-corrected chi connectivity index (χ4v) is 2.82. The number of rotatable bonds is 4. The van der Waals surface area contributed by atoms with Crippen molar-refractivity contribution < 1.29 is 18.0 Å². The van der Waals surface area contributed by atoms with Crippen molar-refractivity contribution in [3.8, 4) is 0 Å². The zero-order valence-corrected chi connectivity index (χ0v) is 14.0. The van der Waals surface area contributed by atoms with Crippen LogP contribution in [0.5, 0.6) is 0 Å². The molecule has 0 spiro atoms. The van der Waals surface area contributed by atoms with Crippen molar-refractivity contribution in [1.29, 1.82) is 0 Å². The highest BCUT2D eigenvalue weighted by molar-refractivity contribution is 5.92. The summed E-state index contributed by atoms with van der Waals surface area (Å²) >= 11 is 0. The van der Waals surface area contributed by atoms with E-state index in [1.165, 1.54) is 12.1 Å². The molecule has 0 saturated carbocycles. The van der Waals surface area contributed by atoms with E-state index in [9.17, 15) is 18.0 Å². The highest BCUT2D eigenvalue weighted by Gasteiger charge is 2.30. The molecule has 0 radical (unpaired) electrons. The second kappa shape index (κ2) is 7.70. The number of benzene rings is 1. The zero-order valence-electron chi connectivity index (χ0n) is 14.0. The number of alkyl halides is 3. The normalized spacial score (nSPS) is 15.4. The lowest BCUT2D eigenvalue weighted by atomic mass is 10.0. The number of hydrogen-bond acceptors (Lipinski definition) is 3. The Morgan fingerprint density at radius 2 is 2.04 bits per heavy atom. The number of carbonyl (C=O) groups is 1. The van der Waals surface area contributed by atoms with Crippen molar-refractivity contribution in [2.75, 3.05) is 25.0 Å². The first-order chi connectivity index (χ1) is 12.4. The van der Waals surface area contributed by atoms with Crippen LogP contribution in [0.4, 0.5) is 18.9 Å². The largest absolute Gasteiger partial charge is 0.416 e. The highest BCUT2D eigenvalue weighted by atomic mass is 19.4. The van der Waals surface area contributed by atoms with Crippen LogP contribution in [0, 0.1) is 0 Å². The number of anilines is 1. The molecule has 136 valence electrons. The first kappa shape index (κ1) is 18.1. The fraction of sp³-hybridized carbons (Fsp3) is 0.263. The Morgan fingerprint density at radius 3 is 2.69 bits per heavy atom. The fourth-order valence-electron chi connectivity index (χ4n) is 2.82. The summed E-state index contributed by atoms with van der Waals surface area (Å²) in [6, 6.07) is 10.4. The number of nitrogens with one attached hydrogen (secondary N) is 1. The third-order valence-electron chi connectivity index (χ3n) is 4.13. The maximum Gasteiger partial charge on any atom is 0.416 e. The van der Waals surface area contributed by atoms with E-state index in [2.05, 4.69) is 10.3 Å². The lowest BCUT2D eigenvalue weighted by Gasteiger charge is -2.25. The third kappa shape index (κ3) is 4.70. The molecule has 1 amide bonds. The second-order valence-electron chi connectivity index (χ2n) is 6.06. The van der Waals surface area contributed by atoms with E-state index in [0.29, 0.717) is 13.1 Å². The van der Waals surface area contributed by atoms with Crippen LogP contribution in [0.3, 0.4) is 0 Å². The molecule has 0 atom stereocenters. The zero-order chi connectivity index (χ0) is 18.6. The Bertz CT molecular complexity index is 803. The minimum absolute atomic E-state index is 0.127. The predicted molar refractivity (Wildman–Crippen MR) is 93.3 cm³/mol. The summed E-state index contributed by atoms with van der Waals surface area (Å²) < 4.78 is 38.2. The van der Waals surface area contributed by atoms with Crippen LogP contribution in [0.1, 0.15) is 17.7 Å². The van der Waals surface area contributed by atoms with Crippen LogP contribution in [0.15, 0.2) is 54.7 Å². The number of halogens is 3. The first-order valence-corrected chi connectivity index (χ1v) is 8.22. The minimum Gasteiger partial charge on any atom is -0.325 e. The van der Waals surface area contributed by atoms with Crippen LogP contribution in [-0.4, -0.2) is 35.4 Å². The summed E-state index contributed by atoms with van der Waals surface area (Å²) in [5.74, 6) is -0.334. The van der Waals surface area contributed by atoms with Gasteiger partial charge < -0.3 is 5.32 Å². The summed E-state index contributed by atoms with van der Waals surface area (Å²) in [6.07, 6.45) is 0.114. The summed E-state index contributed by atoms with van der Waals surface area (Å²) in [7, 11) is 0. The van der Waals surface area contributed by atoms with Crippen LogP contribution in [-0.2, 0) is 11.0 Å². The number of hydrogen-bond donors (Lipinski definition) is 1. The molecule has 2 heterocycles.